The van der Waals surface area contributed by atoms with Crippen LogP contribution in [0.4, 0.5) is 14.6 Å². The fraction of sp³-hybridized carbons (Fsp3) is 0.348. The van der Waals surface area contributed by atoms with E-state index in [-0.39, 0.29) is 18.1 Å². The Balaban J connectivity index is 1.41. The van der Waals surface area contributed by atoms with Crippen LogP contribution in [0.25, 0.3) is 5.69 Å². The maximum absolute atomic E-state index is 12.8. The Morgan fingerprint density at radius 1 is 1.15 bits per heavy atom. The first-order valence-corrected chi connectivity index (χ1v) is 10.9. The zero-order valence-electron chi connectivity index (χ0n) is 18.9. The summed E-state index contributed by atoms with van der Waals surface area (Å²) in [6, 6.07) is 9.37. The van der Waals surface area contributed by atoms with Crippen molar-refractivity contribution in [2.75, 3.05) is 24.5 Å². The van der Waals surface area contributed by atoms with E-state index in [4.69, 9.17) is 4.74 Å². The molecule has 0 atom stereocenters. The molecule has 0 saturated heterocycles. The lowest BCUT2D eigenvalue weighted by Crippen LogP contribution is -2.36. The molecule has 178 valence electrons. The zero-order valence-corrected chi connectivity index (χ0v) is 18.9. The van der Waals surface area contributed by atoms with Crippen LogP contribution in [0.3, 0.4) is 0 Å². The number of nitrogens with zero attached hydrogens (tertiary/aromatic N) is 6. The monoisotopic (exact) mass is 469 g/mol. The maximum atomic E-state index is 12.8. The van der Waals surface area contributed by atoms with E-state index in [9.17, 15) is 13.6 Å². The number of halogens is 2. The van der Waals surface area contributed by atoms with Gasteiger partial charge in [0.1, 0.15) is 12.3 Å². The first kappa shape index (κ1) is 23.3. The number of amides is 1. The highest BCUT2D eigenvalue weighted by molar-refractivity contribution is 5.94. The summed E-state index contributed by atoms with van der Waals surface area (Å²) < 4.78 is 33.0. The smallest absolute Gasteiger partial charge is 0.263 e. The minimum absolute atomic E-state index is 0.0592. The topological polar surface area (TPSA) is 98.1 Å². The Morgan fingerprint density at radius 2 is 1.94 bits per heavy atom. The number of anilines is 1. The van der Waals surface area contributed by atoms with Gasteiger partial charge in [-0.25, -0.2) is 13.5 Å². The fourth-order valence-electron chi connectivity index (χ4n) is 3.59. The predicted molar refractivity (Wildman–Crippen MR) is 121 cm³/mol. The molecule has 3 aromatic rings. The number of aromatic nitrogens is 5. The molecule has 1 aliphatic heterocycles. The molecule has 0 saturated carbocycles. The quantitative estimate of drug-likeness (QED) is 0.541. The normalized spacial score (nSPS) is 13.7. The molecule has 1 amide bonds. The molecule has 9 nitrogen and oxygen atoms in total. The van der Waals surface area contributed by atoms with Gasteiger partial charge >= 0.3 is 0 Å². The summed E-state index contributed by atoms with van der Waals surface area (Å²) in [6.07, 6.45) is 0.172. The van der Waals surface area contributed by atoms with E-state index in [1.165, 1.54) is 12.1 Å². The number of likely N-dealkylation sites (N-methyl/N-ethyl adjacent to an activating group) is 1. The van der Waals surface area contributed by atoms with Crippen LogP contribution >= 0.6 is 0 Å². The van der Waals surface area contributed by atoms with Gasteiger partial charge in [0.2, 0.25) is 11.8 Å². The number of hydrogen-bond acceptors (Lipinski definition) is 7. The van der Waals surface area contributed by atoms with Gasteiger partial charge in [0.05, 0.1) is 11.4 Å². The summed E-state index contributed by atoms with van der Waals surface area (Å²) in [4.78, 5) is 14.1. The minimum atomic E-state index is -2.53. The highest BCUT2D eigenvalue weighted by Gasteiger charge is 2.19. The van der Waals surface area contributed by atoms with E-state index in [0.717, 1.165) is 13.0 Å². The van der Waals surface area contributed by atoms with E-state index in [2.05, 4.69) is 25.8 Å². The molecule has 0 fully saturated rings. The Kier molecular flexibility index (Phi) is 7.09. The predicted octanol–water partition coefficient (Wildman–Crippen LogP) is 3.15. The first-order chi connectivity index (χ1) is 16.5. The molecule has 1 aromatic carbocycles. The lowest BCUT2D eigenvalue weighted by atomic mass is 10.1. The summed E-state index contributed by atoms with van der Waals surface area (Å²) >= 11 is 0. The number of alkyl halides is 2. The van der Waals surface area contributed by atoms with Crippen molar-refractivity contribution in [3.05, 3.63) is 65.0 Å². The van der Waals surface area contributed by atoms with Crippen molar-refractivity contribution in [2.24, 2.45) is 0 Å². The second-order valence-electron chi connectivity index (χ2n) is 7.74. The van der Waals surface area contributed by atoms with E-state index in [0.29, 0.717) is 47.4 Å². The van der Waals surface area contributed by atoms with E-state index < -0.39 is 6.43 Å². The molecular weight excluding hydrogens is 444 g/mol. The standard InChI is InChI=1S/C23H25F2N7O2/c1-3-26-23(33)17-5-4-12-31(13-17)20-10-11-21(29-28-20)34-14-19-15(2)27-30-32(19)18-8-6-16(7-9-18)22(24)25/h5-11,22H,3-4,12-14H2,1-2H3,(H,26,33). The van der Waals surface area contributed by atoms with Crippen LogP contribution < -0.4 is 15.0 Å². The molecule has 3 heterocycles. The molecule has 2 aromatic heterocycles. The zero-order chi connectivity index (χ0) is 24.1. The number of ether oxygens (including phenoxy) is 1. The van der Waals surface area contributed by atoms with Crippen molar-refractivity contribution in [2.45, 2.75) is 33.3 Å². The van der Waals surface area contributed by atoms with Gasteiger partial charge < -0.3 is 15.0 Å². The van der Waals surface area contributed by atoms with Crippen molar-refractivity contribution < 1.29 is 18.3 Å². The van der Waals surface area contributed by atoms with Gasteiger partial charge in [0.15, 0.2) is 5.82 Å². The Labute approximate surface area is 195 Å². The average Bonchev–Trinajstić information content (AvgIpc) is 3.23. The van der Waals surface area contributed by atoms with Gasteiger partial charge in [0.25, 0.3) is 6.43 Å². The van der Waals surface area contributed by atoms with Gasteiger partial charge in [-0.3, -0.25) is 4.79 Å². The van der Waals surface area contributed by atoms with Gasteiger partial charge in [0, 0.05) is 36.8 Å². The molecular formula is C23H25F2N7O2. The largest absolute Gasteiger partial charge is 0.470 e. The minimum Gasteiger partial charge on any atom is -0.470 e. The van der Waals surface area contributed by atoms with Crippen molar-refractivity contribution in [3.8, 4) is 11.6 Å². The van der Waals surface area contributed by atoms with Gasteiger partial charge in [-0.2, -0.15) is 0 Å². The molecule has 0 radical (unpaired) electrons. The Morgan fingerprint density at radius 3 is 2.62 bits per heavy atom. The summed E-state index contributed by atoms with van der Waals surface area (Å²) in [5.74, 6) is 0.911. The van der Waals surface area contributed by atoms with Crippen LogP contribution in [0.2, 0.25) is 0 Å². The molecule has 34 heavy (non-hydrogen) atoms. The van der Waals surface area contributed by atoms with E-state index in [1.807, 2.05) is 17.9 Å². The maximum Gasteiger partial charge on any atom is 0.263 e. The first-order valence-electron chi connectivity index (χ1n) is 10.9. The molecule has 1 aliphatic rings. The van der Waals surface area contributed by atoms with Crippen LogP contribution in [-0.4, -0.2) is 50.7 Å². The highest BCUT2D eigenvalue weighted by Crippen LogP contribution is 2.22. The lowest BCUT2D eigenvalue weighted by Gasteiger charge is -2.27. The van der Waals surface area contributed by atoms with Crippen molar-refractivity contribution in [1.29, 1.82) is 0 Å². The van der Waals surface area contributed by atoms with Crippen LogP contribution in [0.5, 0.6) is 5.88 Å². The summed E-state index contributed by atoms with van der Waals surface area (Å²) in [6.45, 7) is 5.59. The van der Waals surface area contributed by atoms with Gasteiger partial charge in [-0.05, 0) is 38.5 Å². The highest BCUT2D eigenvalue weighted by atomic mass is 19.3. The molecule has 0 aliphatic carbocycles. The number of carbonyl (C=O) groups is 1. The second-order valence-corrected chi connectivity index (χ2v) is 7.74. The third-order valence-corrected chi connectivity index (χ3v) is 5.43. The Bertz CT molecular complexity index is 1160. The van der Waals surface area contributed by atoms with Crippen molar-refractivity contribution in [3.63, 3.8) is 0 Å². The van der Waals surface area contributed by atoms with E-state index >= 15 is 0 Å². The molecule has 1 N–H and O–H groups in total. The SMILES string of the molecule is CCNC(=O)C1=CCCN(c2ccc(OCc3c(C)nnn3-c3ccc(C(F)F)cc3)nn2)C1. The van der Waals surface area contributed by atoms with E-state index in [1.54, 1.807) is 35.9 Å². The van der Waals surface area contributed by atoms with Crippen molar-refractivity contribution >= 4 is 11.7 Å². The molecule has 0 bridgehead atoms. The average molecular weight is 469 g/mol. The summed E-state index contributed by atoms with van der Waals surface area (Å²) in [5.41, 5.74) is 2.58. The molecule has 0 spiro atoms. The number of nitrogens with one attached hydrogen (secondary N) is 1. The van der Waals surface area contributed by atoms with Gasteiger partial charge in [-0.15, -0.1) is 15.3 Å². The number of rotatable bonds is 8. The van der Waals surface area contributed by atoms with Gasteiger partial charge in [-0.1, -0.05) is 23.4 Å². The Hall–Kier alpha value is -3.89. The molecule has 11 heteroatoms. The summed E-state index contributed by atoms with van der Waals surface area (Å²) in [7, 11) is 0. The van der Waals surface area contributed by atoms with Crippen LogP contribution in [-0.2, 0) is 11.4 Å². The fourth-order valence-corrected chi connectivity index (χ4v) is 3.59. The van der Waals surface area contributed by atoms with Crippen LogP contribution in [0.15, 0.2) is 48.0 Å². The third kappa shape index (κ3) is 5.19. The third-order valence-electron chi connectivity index (χ3n) is 5.43. The number of hydrogen-bond donors (Lipinski definition) is 1. The number of benzene rings is 1. The van der Waals surface area contributed by atoms with Crippen molar-refractivity contribution in [1.82, 2.24) is 30.5 Å². The van der Waals surface area contributed by atoms with Crippen LogP contribution in [0, 0.1) is 6.92 Å². The molecule has 0 unspecified atom stereocenters. The number of aryl methyl sites for hydroxylation is 1. The lowest BCUT2D eigenvalue weighted by molar-refractivity contribution is -0.117. The molecule has 4 rings (SSSR count). The number of carbonyl (C=O) groups excluding carboxylic acids is 1. The summed E-state index contributed by atoms with van der Waals surface area (Å²) in [5, 5.41) is 19.4. The second kappa shape index (κ2) is 10.4. The van der Waals surface area contributed by atoms with Crippen LogP contribution in [0.1, 0.15) is 36.7 Å².